The lowest BCUT2D eigenvalue weighted by Gasteiger charge is -2.19. The number of amides is 1. The topological polar surface area (TPSA) is 38.1 Å². The molecule has 1 aromatic heterocycles. The molecule has 1 heterocycles. The van der Waals surface area contributed by atoms with E-state index in [1.165, 1.54) is 0 Å². The molecular weight excluding hydrogens is 414 g/mol. The van der Waals surface area contributed by atoms with E-state index in [0.29, 0.717) is 6.54 Å². The number of carbonyl (C=O) groups is 1. The van der Waals surface area contributed by atoms with Gasteiger partial charge in [0.25, 0.3) is 0 Å². The molecule has 0 aliphatic carbocycles. The number of nitrogens with zero attached hydrogens (tertiary/aromatic N) is 3. The van der Waals surface area contributed by atoms with Crippen molar-refractivity contribution in [2.75, 3.05) is 7.05 Å². The number of hydrogen-bond acceptors (Lipinski definition) is 2. The van der Waals surface area contributed by atoms with Crippen LogP contribution in [0.1, 0.15) is 5.56 Å². The minimum absolute atomic E-state index is 0.0466. The van der Waals surface area contributed by atoms with Crippen molar-refractivity contribution in [1.29, 1.82) is 0 Å². The van der Waals surface area contributed by atoms with Crippen molar-refractivity contribution in [2.45, 2.75) is 13.1 Å². The van der Waals surface area contributed by atoms with Crippen molar-refractivity contribution in [3.8, 4) is 11.4 Å². The SMILES string of the molecule is CN(Cc1ccccc1)C(=O)Cn1c(-c2ccc(Br)cc2)nc2ccccc21. The van der Waals surface area contributed by atoms with Crippen molar-refractivity contribution in [3.05, 3.63) is 88.9 Å². The van der Waals surface area contributed by atoms with Gasteiger partial charge in [0.05, 0.1) is 11.0 Å². The van der Waals surface area contributed by atoms with Crippen molar-refractivity contribution >= 4 is 32.9 Å². The van der Waals surface area contributed by atoms with Crippen LogP contribution in [0.2, 0.25) is 0 Å². The summed E-state index contributed by atoms with van der Waals surface area (Å²) in [6.45, 7) is 0.829. The molecule has 4 nitrogen and oxygen atoms in total. The quantitative estimate of drug-likeness (QED) is 0.437. The van der Waals surface area contributed by atoms with Gasteiger partial charge in [-0.15, -0.1) is 0 Å². The minimum atomic E-state index is 0.0466. The fourth-order valence-electron chi connectivity index (χ4n) is 3.26. The second-order valence-corrected chi connectivity index (χ2v) is 7.67. The molecular formula is C23H20BrN3O. The molecule has 140 valence electrons. The lowest BCUT2D eigenvalue weighted by atomic mass is 10.2. The van der Waals surface area contributed by atoms with Crippen LogP contribution in [-0.2, 0) is 17.9 Å². The van der Waals surface area contributed by atoms with Crippen LogP contribution in [-0.4, -0.2) is 27.4 Å². The maximum Gasteiger partial charge on any atom is 0.242 e. The van der Waals surface area contributed by atoms with Gasteiger partial charge in [0.2, 0.25) is 5.91 Å². The number of rotatable bonds is 5. The molecule has 28 heavy (non-hydrogen) atoms. The normalized spacial score (nSPS) is 10.9. The highest BCUT2D eigenvalue weighted by molar-refractivity contribution is 9.10. The van der Waals surface area contributed by atoms with E-state index < -0.39 is 0 Å². The first kappa shape index (κ1) is 18.4. The second kappa shape index (κ2) is 7.98. The lowest BCUT2D eigenvalue weighted by molar-refractivity contribution is -0.130. The van der Waals surface area contributed by atoms with Gasteiger partial charge in [-0.25, -0.2) is 4.98 Å². The molecule has 4 aromatic rings. The van der Waals surface area contributed by atoms with Crippen LogP contribution in [0.15, 0.2) is 83.3 Å². The van der Waals surface area contributed by atoms with Gasteiger partial charge in [-0.3, -0.25) is 4.79 Å². The zero-order valence-electron chi connectivity index (χ0n) is 15.5. The van der Waals surface area contributed by atoms with Crippen molar-refractivity contribution in [2.24, 2.45) is 0 Å². The molecule has 0 saturated carbocycles. The molecule has 0 saturated heterocycles. The molecule has 4 rings (SSSR count). The third-order valence-electron chi connectivity index (χ3n) is 4.74. The summed E-state index contributed by atoms with van der Waals surface area (Å²) in [5, 5.41) is 0. The summed E-state index contributed by atoms with van der Waals surface area (Å²) in [5.41, 5.74) is 3.95. The Kier molecular flexibility index (Phi) is 5.26. The first-order chi connectivity index (χ1) is 13.6. The van der Waals surface area contributed by atoms with E-state index in [1.54, 1.807) is 4.90 Å². The monoisotopic (exact) mass is 433 g/mol. The van der Waals surface area contributed by atoms with Crippen LogP contribution in [0, 0.1) is 0 Å². The van der Waals surface area contributed by atoms with Crippen molar-refractivity contribution < 1.29 is 4.79 Å². The Labute approximate surface area is 172 Å². The van der Waals surface area contributed by atoms with Crippen LogP contribution >= 0.6 is 15.9 Å². The average molecular weight is 434 g/mol. The van der Waals surface area contributed by atoms with E-state index in [0.717, 1.165) is 32.5 Å². The number of carbonyl (C=O) groups excluding carboxylic acids is 1. The summed E-state index contributed by atoms with van der Waals surface area (Å²) in [5.74, 6) is 0.848. The maximum atomic E-state index is 13.0. The number of halogens is 1. The Morgan fingerprint density at radius 2 is 1.64 bits per heavy atom. The summed E-state index contributed by atoms with van der Waals surface area (Å²) >= 11 is 3.47. The fourth-order valence-corrected chi connectivity index (χ4v) is 3.52. The van der Waals surface area contributed by atoms with Gasteiger partial charge in [-0.2, -0.15) is 0 Å². The molecule has 0 unspecified atom stereocenters. The van der Waals surface area contributed by atoms with E-state index in [9.17, 15) is 4.79 Å². The molecule has 0 bridgehead atoms. The molecule has 0 radical (unpaired) electrons. The number of hydrogen-bond donors (Lipinski definition) is 0. The van der Waals surface area contributed by atoms with Gasteiger partial charge in [0.15, 0.2) is 0 Å². The van der Waals surface area contributed by atoms with Gasteiger partial charge in [0.1, 0.15) is 12.4 Å². The zero-order valence-corrected chi connectivity index (χ0v) is 17.1. The number of fused-ring (bicyclic) bond motifs is 1. The summed E-state index contributed by atoms with van der Waals surface area (Å²) in [6.07, 6.45) is 0. The van der Waals surface area contributed by atoms with Crippen LogP contribution < -0.4 is 0 Å². The highest BCUT2D eigenvalue weighted by Gasteiger charge is 2.17. The van der Waals surface area contributed by atoms with Crippen molar-refractivity contribution in [3.63, 3.8) is 0 Å². The van der Waals surface area contributed by atoms with Gasteiger partial charge >= 0.3 is 0 Å². The number of likely N-dealkylation sites (N-methyl/N-ethyl adjacent to an activating group) is 1. The smallest absolute Gasteiger partial charge is 0.242 e. The number of para-hydroxylation sites is 2. The van der Waals surface area contributed by atoms with Crippen LogP contribution in [0.3, 0.4) is 0 Å². The maximum absolute atomic E-state index is 13.0. The third-order valence-corrected chi connectivity index (χ3v) is 5.27. The van der Waals surface area contributed by atoms with E-state index in [2.05, 4.69) is 15.9 Å². The Hall–Kier alpha value is -2.92. The average Bonchev–Trinajstić information content (AvgIpc) is 3.08. The van der Waals surface area contributed by atoms with E-state index >= 15 is 0 Å². The predicted octanol–water partition coefficient (Wildman–Crippen LogP) is 5.12. The highest BCUT2D eigenvalue weighted by Crippen LogP contribution is 2.26. The molecule has 0 aliphatic rings. The van der Waals surface area contributed by atoms with Gasteiger partial charge in [-0.1, -0.05) is 70.5 Å². The van der Waals surface area contributed by atoms with E-state index in [1.807, 2.05) is 90.5 Å². The number of benzene rings is 3. The first-order valence-corrected chi connectivity index (χ1v) is 9.90. The Bertz CT molecular complexity index is 1100. The Morgan fingerprint density at radius 3 is 2.39 bits per heavy atom. The summed E-state index contributed by atoms with van der Waals surface area (Å²) in [7, 11) is 1.84. The van der Waals surface area contributed by atoms with Crippen LogP contribution in [0.25, 0.3) is 22.4 Å². The Morgan fingerprint density at radius 1 is 0.964 bits per heavy atom. The van der Waals surface area contributed by atoms with Crippen molar-refractivity contribution in [1.82, 2.24) is 14.5 Å². The summed E-state index contributed by atoms with van der Waals surface area (Å²) in [6, 6.07) is 26.0. The molecule has 0 N–H and O–H groups in total. The fraction of sp³-hybridized carbons (Fsp3) is 0.130. The van der Waals surface area contributed by atoms with E-state index in [4.69, 9.17) is 4.98 Å². The number of imidazole rings is 1. The molecule has 0 aliphatic heterocycles. The van der Waals surface area contributed by atoms with Crippen LogP contribution in [0.5, 0.6) is 0 Å². The Balaban J connectivity index is 1.66. The molecule has 3 aromatic carbocycles. The highest BCUT2D eigenvalue weighted by atomic mass is 79.9. The number of aromatic nitrogens is 2. The van der Waals surface area contributed by atoms with Gasteiger partial charge in [-0.05, 0) is 29.8 Å². The molecule has 0 spiro atoms. The molecule has 5 heteroatoms. The standard InChI is InChI=1S/C23H20BrN3O/c1-26(15-17-7-3-2-4-8-17)22(28)16-27-21-10-6-5-9-20(21)25-23(27)18-11-13-19(24)14-12-18/h2-14H,15-16H2,1H3. The molecule has 1 amide bonds. The molecule has 0 atom stereocenters. The minimum Gasteiger partial charge on any atom is -0.340 e. The van der Waals surface area contributed by atoms with E-state index in [-0.39, 0.29) is 12.5 Å². The first-order valence-electron chi connectivity index (χ1n) is 9.11. The molecule has 0 fully saturated rings. The summed E-state index contributed by atoms with van der Waals surface area (Å²) in [4.78, 5) is 19.5. The second-order valence-electron chi connectivity index (χ2n) is 6.75. The zero-order chi connectivity index (χ0) is 19.5. The predicted molar refractivity (Wildman–Crippen MR) is 116 cm³/mol. The summed E-state index contributed by atoms with van der Waals surface area (Å²) < 4.78 is 3.01. The lowest BCUT2D eigenvalue weighted by Crippen LogP contribution is -2.30. The largest absolute Gasteiger partial charge is 0.340 e. The van der Waals surface area contributed by atoms with Crippen LogP contribution in [0.4, 0.5) is 0 Å². The third kappa shape index (κ3) is 3.85. The van der Waals surface area contributed by atoms with Gasteiger partial charge < -0.3 is 9.47 Å². The van der Waals surface area contributed by atoms with Gasteiger partial charge in [0, 0.05) is 23.6 Å².